The molecule has 0 amide bonds. The topological polar surface area (TPSA) is 33.1 Å². The molecule has 2 unspecified atom stereocenters. The van der Waals surface area contributed by atoms with Crippen molar-refractivity contribution in [2.75, 3.05) is 5.75 Å². The van der Waals surface area contributed by atoms with Crippen molar-refractivity contribution in [3.63, 3.8) is 0 Å². The lowest BCUT2D eigenvalue weighted by molar-refractivity contribution is 0.200. The molecule has 1 N–H and O–H groups in total. The largest absolute Gasteiger partial charge is 0.392 e. The first kappa shape index (κ1) is 15.5. The zero-order chi connectivity index (χ0) is 14.4. The van der Waals surface area contributed by atoms with E-state index >= 15 is 0 Å². The Morgan fingerprint density at radius 2 is 2.05 bits per heavy atom. The third-order valence-electron chi connectivity index (χ3n) is 3.18. The molecule has 0 saturated carbocycles. The molecule has 0 aliphatic rings. The van der Waals surface area contributed by atoms with Gasteiger partial charge in [-0.2, -0.15) is 11.8 Å². The second-order valence-electron chi connectivity index (χ2n) is 4.90. The monoisotopic (exact) mass is 307 g/mol. The minimum Gasteiger partial charge on any atom is -0.392 e. The van der Waals surface area contributed by atoms with Gasteiger partial charge in [0.2, 0.25) is 0 Å². The van der Waals surface area contributed by atoms with Gasteiger partial charge in [-0.05, 0) is 6.42 Å². The summed E-state index contributed by atoms with van der Waals surface area (Å²) in [5.41, 5.74) is 2.14. The summed E-state index contributed by atoms with van der Waals surface area (Å²) < 4.78 is 0. The van der Waals surface area contributed by atoms with Gasteiger partial charge < -0.3 is 5.11 Å². The Morgan fingerprint density at radius 3 is 2.75 bits per heavy atom. The van der Waals surface area contributed by atoms with E-state index in [4.69, 9.17) is 0 Å². The van der Waals surface area contributed by atoms with Crippen LogP contribution in [0.5, 0.6) is 0 Å². The molecule has 20 heavy (non-hydrogen) atoms. The quantitative estimate of drug-likeness (QED) is 0.830. The molecule has 4 heteroatoms. The maximum atomic E-state index is 10.1. The Labute approximate surface area is 129 Å². The highest BCUT2D eigenvalue weighted by molar-refractivity contribution is 7.99. The Hall–Kier alpha value is -0.840. The van der Waals surface area contributed by atoms with Crippen LogP contribution >= 0.6 is 23.1 Å². The molecule has 0 aliphatic carbocycles. The highest BCUT2D eigenvalue weighted by Gasteiger charge is 2.11. The van der Waals surface area contributed by atoms with Crippen molar-refractivity contribution in [1.29, 1.82) is 0 Å². The normalized spacial score (nSPS) is 14.2. The average molecular weight is 307 g/mol. The van der Waals surface area contributed by atoms with E-state index in [0.717, 1.165) is 28.4 Å². The third kappa shape index (κ3) is 4.62. The van der Waals surface area contributed by atoms with Crippen molar-refractivity contribution in [3.05, 3.63) is 40.7 Å². The number of hydrogen-bond acceptors (Lipinski definition) is 4. The molecule has 108 valence electrons. The Morgan fingerprint density at radius 1 is 1.30 bits per heavy atom. The molecule has 1 aromatic carbocycles. The van der Waals surface area contributed by atoms with Gasteiger partial charge in [0.05, 0.1) is 16.8 Å². The van der Waals surface area contributed by atoms with Crippen molar-refractivity contribution in [3.8, 4) is 11.3 Å². The van der Waals surface area contributed by atoms with E-state index in [0.29, 0.717) is 11.7 Å². The Bertz CT molecular complexity index is 512. The van der Waals surface area contributed by atoms with Gasteiger partial charge >= 0.3 is 0 Å². The van der Waals surface area contributed by atoms with Crippen LogP contribution in [0.2, 0.25) is 0 Å². The number of thiazole rings is 1. The van der Waals surface area contributed by atoms with Crippen LogP contribution in [0.3, 0.4) is 0 Å². The van der Waals surface area contributed by atoms with Gasteiger partial charge in [-0.3, -0.25) is 0 Å². The van der Waals surface area contributed by atoms with Crippen LogP contribution < -0.4 is 0 Å². The van der Waals surface area contributed by atoms with E-state index in [1.807, 2.05) is 30.0 Å². The standard InChI is InChI=1S/C16H21NOS2/c1-3-12(2)19-10-14(18)9-16-17-15(11-20-16)13-7-5-4-6-8-13/h4-8,11-12,14,18H,3,9-10H2,1-2H3. The molecule has 0 radical (unpaired) electrons. The number of benzene rings is 1. The van der Waals surface area contributed by atoms with Crippen molar-refractivity contribution < 1.29 is 5.11 Å². The number of rotatable bonds is 7. The van der Waals surface area contributed by atoms with E-state index in [1.165, 1.54) is 0 Å². The first-order chi connectivity index (χ1) is 9.69. The average Bonchev–Trinajstić information content (AvgIpc) is 2.94. The van der Waals surface area contributed by atoms with Gasteiger partial charge in [0, 0.05) is 28.4 Å². The van der Waals surface area contributed by atoms with Gasteiger partial charge in [-0.1, -0.05) is 44.2 Å². The molecule has 0 spiro atoms. The minimum atomic E-state index is -0.302. The van der Waals surface area contributed by atoms with Crippen LogP contribution in [0.15, 0.2) is 35.7 Å². The lowest BCUT2D eigenvalue weighted by Crippen LogP contribution is -2.15. The summed E-state index contributed by atoms with van der Waals surface area (Å²) in [7, 11) is 0. The summed E-state index contributed by atoms with van der Waals surface area (Å²) in [6.07, 6.45) is 1.50. The summed E-state index contributed by atoms with van der Waals surface area (Å²) in [4.78, 5) is 4.62. The lowest BCUT2D eigenvalue weighted by Gasteiger charge is -2.12. The number of nitrogens with zero attached hydrogens (tertiary/aromatic N) is 1. The van der Waals surface area contributed by atoms with E-state index in [-0.39, 0.29) is 6.10 Å². The summed E-state index contributed by atoms with van der Waals surface area (Å²) in [5, 5.41) is 13.8. The van der Waals surface area contributed by atoms with Crippen LogP contribution in [-0.4, -0.2) is 27.2 Å². The molecular weight excluding hydrogens is 286 g/mol. The molecular formula is C16H21NOS2. The molecule has 0 saturated heterocycles. The van der Waals surface area contributed by atoms with E-state index in [9.17, 15) is 5.11 Å². The highest BCUT2D eigenvalue weighted by Crippen LogP contribution is 2.23. The summed E-state index contributed by atoms with van der Waals surface area (Å²) in [6.45, 7) is 4.38. The molecule has 2 nitrogen and oxygen atoms in total. The predicted molar refractivity (Wildman–Crippen MR) is 89.5 cm³/mol. The number of hydrogen-bond donors (Lipinski definition) is 1. The maximum absolute atomic E-state index is 10.1. The van der Waals surface area contributed by atoms with Crippen molar-refractivity contribution in [2.45, 2.75) is 38.0 Å². The van der Waals surface area contributed by atoms with E-state index in [1.54, 1.807) is 11.3 Å². The highest BCUT2D eigenvalue weighted by atomic mass is 32.2. The summed E-state index contributed by atoms with van der Waals surface area (Å²) in [5.74, 6) is 0.787. The second kappa shape index (κ2) is 7.81. The number of aromatic nitrogens is 1. The molecule has 0 bridgehead atoms. The van der Waals surface area contributed by atoms with E-state index < -0.39 is 0 Å². The maximum Gasteiger partial charge on any atom is 0.0958 e. The van der Waals surface area contributed by atoms with Crippen LogP contribution in [-0.2, 0) is 6.42 Å². The zero-order valence-electron chi connectivity index (χ0n) is 12.0. The van der Waals surface area contributed by atoms with Crippen LogP contribution in [0.1, 0.15) is 25.3 Å². The van der Waals surface area contributed by atoms with Crippen LogP contribution in [0, 0.1) is 0 Å². The van der Waals surface area contributed by atoms with Gasteiger partial charge in [0.1, 0.15) is 0 Å². The minimum absolute atomic E-state index is 0.302. The lowest BCUT2D eigenvalue weighted by atomic mass is 10.2. The molecule has 2 aromatic rings. The van der Waals surface area contributed by atoms with Crippen LogP contribution in [0.4, 0.5) is 0 Å². The predicted octanol–water partition coefficient (Wildman–Crippen LogP) is 4.25. The zero-order valence-corrected chi connectivity index (χ0v) is 13.6. The number of thioether (sulfide) groups is 1. The summed E-state index contributed by atoms with van der Waals surface area (Å²) >= 11 is 3.47. The molecule has 1 heterocycles. The molecule has 0 aliphatic heterocycles. The van der Waals surface area contributed by atoms with Crippen molar-refractivity contribution >= 4 is 23.1 Å². The number of aliphatic hydroxyl groups excluding tert-OH is 1. The fraction of sp³-hybridized carbons (Fsp3) is 0.438. The van der Waals surface area contributed by atoms with E-state index in [2.05, 4.69) is 36.3 Å². The van der Waals surface area contributed by atoms with Gasteiger partial charge in [-0.15, -0.1) is 11.3 Å². The smallest absolute Gasteiger partial charge is 0.0958 e. The SMILES string of the molecule is CCC(C)SCC(O)Cc1nc(-c2ccccc2)cs1. The molecule has 2 atom stereocenters. The Kier molecular flexibility index (Phi) is 6.07. The fourth-order valence-electron chi connectivity index (χ4n) is 1.80. The molecule has 1 aromatic heterocycles. The van der Waals surface area contributed by atoms with Gasteiger partial charge in [0.25, 0.3) is 0 Å². The van der Waals surface area contributed by atoms with Crippen LogP contribution in [0.25, 0.3) is 11.3 Å². The molecule has 2 rings (SSSR count). The van der Waals surface area contributed by atoms with Crippen molar-refractivity contribution in [1.82, 2.24) is 4.98 Å². The number of aliphatic hydroxyl groups is 1. The first-order valence-corrected chi connectivity index (χ1v) is 8.91. The Balaban J connectivity index is 1.90. The fourth-order valence-corrected chi connectivity index (χ4v) is 3.58. The third-order valence-corrected chi connectivity index (χ3v) is 5.53. The van der Waals surface area contributed by atoms with Gasteiger partial charge in [0.15, 0.2) is 0 Å². The van der Waals surface area contributed by atoms with Crippen molar-refractivity contribution in [2.24, 2.45) is 0 Å². The summed E-state index contributed by atoms with van der Waals surface area (Å²) in [6, 6.07) is 10.2. The first-order valence-electron chi connectivity index (χ1n) is 6.98. The second-order valence-corrected chi connectivity index (χ2v) is 7.32. The van der Waals surface area contributed by atoms with Gasteiger partial charge in [-0.25, -0.2) is 4.98 Å². The molecule has 0 fully saturated rings.